The van der Waals surface area contributed by atoms with Crippen LogP contribution in [0.25, 0.3) is 0 Å². The SMILES string of the molecule is OCC[C@H](CO)NC1CSC1. The second kappa shape index (κ2) is 4.98. The molecule has 66 valence electrons. The maximum absolute atomic E-state index is 8.85. The van der Waals surface area contributed by atoms with Gasteiger partial charge in [0, 0.05) is 30.2 Å². The second-order valence-electron chi connectivity index (χ2n) is 2.79. The summed E-state index contributed by atoms with van der Waals surface area (Å²) < 4.78 is 0. The molecule has 1 aliphatic heterocycles. The molecular formula is C7H15NO2S. The number of nitrogens with one attached hydrogen (secondary N) is 1. The van der Waals surface area contributed by atoms with E-state index < -0.39 is 0 Å². The lowest BCUT2D eigenvalue weighted by Crippen LogP contribution is -2.47. The molecule has 0 aliphatic carbocycles. The molecule has 1 heterocycles. The van der Waals surface area contributed by atoms with Crippen LogP contribution in [0.4, 0.5) is 0 Å². The van der Waals surface area contributed by atoms with Gasteiger partial charge in [-0.05, 0) is 6.42 Å². The van der Waals surface area contributed by atoms with Gasteiger partial charge in [-0.1, -0.05) is 0 Å². The Morgan fingerprint density at radius 1 is 1.45 bits per heavy atom. The average Bonchev–Trinajstić information content (AvgIpc) is 1.94. The maximum atomic E-state index is 8.85. The van der Waals surface area contributed by atoms with Crippen molar-refractivity contribution in [1.29, 1.82) is 0 Å². The predicted octanol–water partition coefficient (Wildman–Crippen LogP) is -0.565. The summed E-state index contributed by atoms with van der Waals surface area (Å²) in [6.45, 7) is 0.278. The highest BCUT2D eigenvalue weighted by molar-refractivity contribution is 8.00. The molecule has 0 saturated carbocycles. The lowest BCUT2D eigenvalue weighted by molar-refractivity contribution is 0.195. The molecule has 0 aromatic rings. The monoisotopic (exact) mass is 177 g/mol. The zero-order valence-corrected chi connectivity index (χ0v) is 7.31. The molecule has 3 nitrogen and oxygen atoms in total. The zero-order valence-electron chi connectivity index (χ0n) is 6.49. The molecule has 0 unspecified atom stereocenters. The van der Waals surface area contributed by atoms with Gasteiger partial charge in [0.25, 0.3) is 0 Å². The minimum atomic E-state index is 0.0888. The summed E-state index contributed by atoms with van der Waals surface area (Å²) in [6.07, 6.45) is 0.650. The van der Waals surface area contributed by atoms with Crippen molar-refractivity contribution in [3.63, 3.8) is 0 Å². The largest absolute Gasteiger partial charge is 0.396 e. The van der Waals surface area contributed by atoms with Crippen LogP contribution in [0.3, 0.4) is 0 Å². The molecule has 0 spiro atoms. The summed E-state index contributed by atoms with van der Waals surface area (Å²) in [5.41, 5.74) is 0. The van der Waals surface area contributed by atoms with Gasteiger partial charge >= 0.3 is 0 Å². The van der Waals surface area contributed by atoms with Crippen LogP contribution in [0.2, 0.25) is 0 Å². The summed E-state index contributed by atoms with van der Waals surface area (Å²) >= 11 is 1.91. The number of aliphatic hydroxyl groups excluding tert-OH is 2. The van der Waals surface area contributed by atoms with E-state index >= 15 is 0 Å². The van der Waals surface area contributed by atoms with Gasteiger partial charge in [0.15, 0.2) is 0 Å². The summed E-state index contributed by atoms with van der Waals surface area (Å²) in [6, 6.07) is 0.648. The number of aliphatic hydroxyl groups is 2. The molecule has 11 heavy (non-hydrogen) atoms. The van der Waals surface area contributed by atoms with Gasteiger partial charge < -0.3 is 15.5 Å². The number of rotatable bonds is 5. The third-order valence-electron chi connectivity index (χ3n) is 1.81. The van der Waals surface area contributed by atoms with Crippen molar-refractivity contribution in [1.82, 2.24) is 5.32 Å². The van der Waals surface area contributed by atoms with Crippen LogP contribution in [0, 0.1) is 0 Å². The Morgan fingerprint density at radius 3 is 2.55 bits per heavy atom. The van der Waals surface area contributed by atoms with E-state index in [0.29, 0.717) is 12.5 Å². The zero-order chi connectivity index (χ0) is 8.10. The summed E-state index contributed by atoms with van der Waals surface area (Å²) in [4.78, 5) is 0. The minimum Gasteiger partial charge on any atom is -0.396 e. The third kappa shape index (κ3) is 2.99. The van der Waals surface area contributed by atoms with Gasteiger partial charge in [-0.3, -0.25) is 0 Å². The maximum Gasteiger partial charge on any atom is 0.0585 e. The molecule has 0 radical (unpaired) electrons. The fraction of sp³-hybridized carbons (Fsp3) is 1.00. The number of thioether (sulfide) groups is 1. The molecule has 1 fully saturated rings. The van der Waals surface area contributed by atoms with Gasteiger partial charge in [-0.2, -0.15) is 11.8 Å². The van der Waals surface area contributed by atoms with Gasteiger partial charge in [-0.25, -0.2) is 0 Å². The third-order valence-corrected chi connectivity index (χ3v) is 3.08. The fourth-order valence-corrected chi connectivity index (χ4v) is 1.71. The second-order valence-corrected chi connectivity index (χ2v) is 3.87. The molecule has 0 aromatic carbocycles. The molecular weight excluding hydrogens is 162 g/mol. The summed E-state index contributed by atoms with van der Waals surface area (Å²) in [5, 5.41) is 20.7. The first kappa shape index (κ1) is 9.32. The molecule has 1 saturated heterocycles. The van der Waals surface area contributed by atoms with E-state index in [0.717, 1.165) is 11.5 Å². The first-order chi connectivity index (χ1) is 5.36. The average molecular weight is 177 g/mol. The number of hydrogen-bond donors (Lipinski definition) is 3. The Balaban J connectivity index is 2.08. The molecule has 4 heteroatoms. The molecule has 0 bridgehead atoms. The fourth-order valence-electron chi connectivity index (χ4n) is 1.05. The van der Waals surface area contributed by atoms with E-state index in [1.54, 1.807) is 0 Å². The summed E-state index contributed by atoms with van der Waals surface area (Å²) in [7, 11) is 0. The quantitative estimate of drug-likeness (QED) is 0.526. The van der Waals surface area contributed by atoms with Gasteiger partial charge in [0.1, 0.15) is 0 Å². The highest BCUT2D eigenvalue weighted by Gasteiger charge is 2.20. The van der Waals surface area contributed by atoms with Crippen molar-refractivity contribution >= 4 is 11.8 Å². The lowest BCUT2D eigenvalue weighted by atomic mass is 10.2. The number of hydrogen-bond acceptors (Lipinski definition) is 4. The normalized spacial score (nSPS) is 21.3. The van der Waals surface area contributed by atoms with Gasteiger partial charge in [-0.15, -0.1) is 0 Å². The van der Waals surface area contributed by atoms with Crippen molar-refractivity contribution in [2.75, 3.05) is 24.7 Å². The van der Waals surface area contributed by atoms with Crippen molar-refractivity contribution in [2.24, 2.45) is 0 Å². The van der Waals surface area contributed by atoms with Crippen LogP contribution in [0.1, 0.15) is 6.42 Å². The van der Waals surface area contributed by atoms with Crippen molar-refractivity contribution in [3.8, 4) is 0 Å². The Bertz CT molecular complexity index is 109. The van der Waals surface area contributed by atoms with Crippen LogP contribution >= 0.6 is 11.8 Å². The standard InChI is InChI=1S/C7H15NO2S/c9-2-1-6(3-10)8-7-4-11-5-7/h6-10H,1-5H2/t6-/m1/s1. The highest BCUT2D eigenvalue weighted by atomic mass is 32.2. The van der Waals surface area contributed by atoms with Crippen molar-refractivity contribution < 1.29 is 10.2 Å². The van der Waals surface area contributed by atoms with Crippen LogP contribution in [0.15, 0.2) is 0 Å². The molecule has 1 rings (SSSR count). The smallest absolute Gasteiger partial charge is 0.0585 e. The molecule has 1 aliphatic rings. The topological polar surface area (TPSA) is 52.5 Å². The van der Waals surface area contributed by atoms with Crippen LogP contribution in [0.5, 0.6) is 0 Å². The van der Waals surface area contributed by atoms with E-state index in [4.69, 9.17) is 10.2 Å². The van der Waals surface area contributed by atoms with E-state index in [-0.39, 0.29) is 19.3 Å². The van der Waals surface area contributed by atoms with Gasteiger partial charge in [0.05, 0.1) is 6.61 Å². The van der Waals surface area contributed by atoms with Crippen LogP contribution in [-0.2, 0) is 0 Å². The first-order valence-electron chi connectivity index (χ1n) is 3.92. The van der Waals surface area contributed by atoms with Crippen molar-refractivity contribution in [2.45, 2.75) is 18.5 Å². The molecule has 3 N–H and O–H groups in total. The molecule has 1 atom stereocenters. The first-order valence-corrected chi connectivity index (χ1v) is 5.07. The van der Waals surface area contributed by atoms with E-state index in [1.165, 1.54) is 0 Å². The Hall–Kier alpha value is 0.230. The highest BCUT2D eigenvalue weighted by Crippen LogP contribution is 2.17. The van der Waals surface area contributed by atoms with Crippen LogP contribution in [-0.4, -0.2) is 47.0 Å². The Morgan fingerprint density at radius 2 is 2.18 bits per heavy atom. The molecule has 0 aromatic heterocycles. The predicted molar refractivity (Wildman–Crippen MR) is 46.8 cm³/mol. The Kier molecular flexibility index (Phi) is 4.22. The van der Waals surface area contributed by atoms with Crippen LogP contribution < -0.4 is 5.32 Å². The summed E-state index contributed by atoms with van der Waals surface area (Å²) in [5.74, 6) is 2.28. The Labute approximate surface area is 71.2 Å². The van der Waals surface area contributed by atoms with E-state index in [2.05, 4.69) is 5.32 Å². The van der Waals surface area contributed by atoms with Crippen molar-refractivity contribution in [3.05, 3.63) is 0 Å². The van der Waals surface area contributed by atoms with Gasteiger partial charge in [0.2, 0.25) is 0 Å². The van der Waals surface area contributed by atoms with E-state index in [9.17, 15) is 0 Å². The minimum absolute atomic E-state index is 0.0888. The molecule has 0 amide bonds. The van der Waals surface area contributed by atoms with E-state index in [1.807, 2.05) is 11.8 Å². The lowest BCUT2D eigenvalue weighted by Gasteiger charge is -2.30.